The van der Waals surface area contributed by atoms with Crippen molar-refractivity contribution in [3.63, 3.8) is 0 Å². The van der Waals surface area contributed by atoms with Crippen LogP contribution >= 0.6 is 22.9 Å². The van der Waals surface area contributed by atoms with E-state index in [0.717, 1.165) is 32.8 Å². The molecule has 1 aromatic carbocycles. The van der Waals surface area contributed by atoms with Crippen LogP contribution in [0.2, 0.25) is 5.02 Å². The maximum absolute atomic E-state index is 10.7. The predicted octanol–water partition coefficient (Wildman–Crippen LogP) is 5.04. The van der Waals surface area contributed by atoms with Gasteiger partial charge in [0.2, 0.25) is 10.9 Å². The number of thiophene rings is 1. The molecule has 0 aliphatic rings. The van der Waals surface area contributed by atoms with Gasteiger partial charge in [-0.3, -0.25) is 4.98 Å². The zero-order valence-corrected chi connectivity index (χ0v) is 17.8. The molecule has 0 unspecified atom stereocenters. The summed E-state index contributed by atoms with van der Waals surface area (Å²) in [5.41, 5.74) is 4.99. The van der Waals surface area contributed by atoms with Crippen molar-refractivity contribution in [3.8, 4) is 21.6 Å². The Kier molecular flexibility index (Phi) is 6.01. The number of halogens is 1. The second-order valence-electron chi connectivity index (χ2n) is 7.29. The molecule has 0 saturated carbocycles. The summed E-state index contributed by atoms with van der Waals surface area (Å²) in [5, 5.41) is 2.69. The van der Waals surface area contributed by atoms with Crippen molar-refractivity contribution < 1.29 is 8.42 Å². The zero-order valence-electron chi connectivity index (χ0n) is 15.3. The van der Waals surface area contributed by atoms with Gasteiger partial charge in [-0.15, -0.1) is 11.3 Å². The first-order valence-electron chi connectivity index (χ1n) is 8.46. The third-order valence-electron chi connectivity index (χ3n) is 4.17. The number of hydrogen-bond acceptors (Lipinski definition) is 4. The molecule has 4 nitrogen and oxygen atoms in total. The molecule has 3 aromatic rings. The van der Waals surface area contributed by atoms with E-state index in [0.29, 0.717) is 5.02 Å². The molecule has 2 aromatic heterocycles. The Morgan fingerprint density at radius 2 is 1.89 bits per heavy atom. The van der Waals surface area contributed by atoms with E-state index in [1.165, 1.54) is 0 Å². The van der Waals surface area contributed by atoms with Crippen molar-refractivity contribution in [3.05, 3.63) is 64.3 Å². The Bertz CT molecular complexity index is 1030. The summed E-state index contributed by atoms with van der Waals surface area (Å²) in [4.78, 5) is 5.64. The standard InChI is InChI=1S/C20H21ClN2O2S2/c1-20(2,3)19-10-14(6-7-22-19)18-9-15(12-26-18)16-5-4-13(8-17(16)21)11-23-27(24)25/h4-10,12,27H,11H2,1-3H3,(H,23,24,25). The van der Waals surface area contributed by atoms with Gasteiger partial charge in [-0.2, -0.15) is 0 Å². The number of nitrogens with one attached hydrogen (secondary N) is 1. The number of thiol groups is 1. The fraction of sp³-hybridized carbons (Fsp3) is 0.250. The Balaban J connectivity index is 1.88. The van der Waals surface area contributed by atoms with Gasteiger partial charge in [-0.25, -0.2) is 13.1 Å². The van der Waals surface area contributed by atoms with E-state index in [9.17, 15) is 8.42 Å². The van der Waals surface area contributed by atoms with Crippen LogP contribution in [0.25, 0.3) is 21.6 Å². The van der Waals surface area contributed by atoms with Gasteiger partial charge in [0.05, 0.1) is 0 Å². The van der Waals surface area contributed by atoms with Crippen LogP contribution in [0, 0.1) is 0 Å². The Morgan fingerprint density at radius 3 is 2.56 bits per heavy atom. The molecule has 0 saturated heterocycles. The van der Waals surface area contributed by atoms with E-state index >= 15 is 0 Å². The highest BCUT2D eigenvalue weighted by atomic mass is 35.5. The topological polar surface area (TPSA) is 59.1 Å². The highest BCUT2D eigenvalue weighted by Crippen LogP contribution is 2.37. The summed E-state index contributed by atoms with van der Waals surface area (Å²) in [6.45, 7) is 6.69. The van der Waals surface area contributed by atoms with Gasteiger partial charge in [-0.1, -0.05) is 44.5 Å². The molecule has 0 aliphatic carbocycles. The lowest BCUT2D eigenvalue weighted by Crippen LogP contribution is -2.13. The second kappa shape index (κ2) is 8.10. The molecule has 0 atom stereocenters. The molecule has 2 heterocycles. The number of rotatable bonds is 5. The van der Waals surface area contributed by atoms with E-state index in [1.807, 2.05) is 24.4 Å². The summed E-state index contributed by atoms with van der Waals surface area (Å²) in [5.74, 6) is 0. The van der Waals surface area contributed by atoms with E-state index in [-0.39, 0.29) is 12.0 Å². The fourth-order valence-corrected chi connectivity index (χ4v) is 4.21. The van der Waals surface area contributed by atoms with Crippen molar-refractivity contribution in [2.75, 3.05) is 0 Å². The van der Waals surface area contributed by atoms with Crippen molar-refractivity contribution in [2.45, 2.75) is 32.7 Å². The van der Waals surface area contributed by atoms with Gasteiger partial charge in [0.1, 0.15) is 0 Å². The van der Waals surface area contributed by atoms with Gasteiger partial charge in [0.15, 0.2) is 0 Å². The highest BCUT2D eigenvalue weighted by Gasteiger charge is 2.16. The Labute approximate surface area is 170 Å². The average molecular weight is 421 g/mol. The number of pyridine rings is 1. The third-order valence-corrected chi connectivity index (χ3v) is 5.88. The van der Waals surface area contributed by atoms with Gasteiger partial charge in [0.25, 0.3) is 0 Å². The smallest absolute Gasteiger partial charge is 0.201 e. The molecule has 0 amide bonds. The van der Waals surface area contributed by atoms with Crippen LogP contribution in [-0.4, -0.2) is 13.4 Å². The summed E-state index contributed by atoms with van der Waals surface area (Å²) < 4.78 is 23.7. The lowest BCUT2D eigenvalue weighted by Gasteiger charge is -2.17. The Hall–Kier alpha value is -1.73. The first-order chi connectivity index (χ1) is 12.7. The SMILES string of the molecule is CC(C)(C)c1cc(-c2cc(-c3ccc(CN[SH](=O)=O)cc3Cl)cs2)ccn1. The number of benzene rings is 1. The van der Waals surface area contributed by atoms with Crippen molar-refractivity contribution in [1.82, 2.24) is 9.71 Å². The van der Waals surface area contributed by atoms with E-state index in [1.54, 1.807) is 17.4 Å². The van der Waals surface area contributed by atoms with Crippen molar-refractivity contribution in [1.29, 1.82) is 0 Å². The molecule has 1 N–H and O–H groups in total. The monoisotopic (exact) mass is 420 g/mol. The van der Waals surface area contributed by atoms with E-state index in [4.69, 9.17) is 11.6 Å². The van der Waals surface area contributed by atoms with Crippen LogP contribution in [0.1, 0.15) is 32.0 Å². The molecule has 0 bridgehead atoms. The van der Waals surface area contributed by atoms with Gasteiger partial charge >= 0.3 is 0 Å². The van der Waals surface area contributed by atoms with Crippen molar-refractivity contribution in [2.24, 2.45) is 0 Å². The van der Waals surface area contributed by atoms with Crippen LogP contribution < -0.4 is 4.72 Å². The summed E-state index contributed by atoms with van der Waals surface area (Å²) >= 11 is 8.10. The lowest BCUT2D eigenvalue weighted by atomic mass is 9.90. The molecular formula is C20H21ClN2O2S2. The molecule has 0 spiro atoms. The summed E-state index contributed by atoms with van der Waals surface area (Å²) in [7, 11) is -2.62. The minimum absolute atomic E-state index is 0.00219. The maximum atomic E-state index is 10.7. The lowest BCUT2D eigenvalue weighted by molar-refractivity contribution is 0.569. The predicted molar refractivity (Wildman–Crippen MR) is 114 cm³/mol. The number of nitrogens with zero attached hydrogens (tertiary/aromatic N) is 1. The van der Waals surface area contributed by atoms with Gasteiger partial charge in [0, 0.05) is 39.3 Å². The van der Waals surface area contributed by atoms with E-state index < -0.39 is 10.9 Å². The fourth-order valence-electron chi connectivity index (χ4n) is 2.68. The van der Waals surface area contributed by atoms with Gasteiger partial charge in [-0.05, 0) is 46.3 Å². The first-order valence-corrected chi connectivity index (χ1v) is 10.9. The van der Waals surface area contributed by atoms with Crippen LogP contribution in [0.4, 0.5) is 0 Å². The number of aromatic nitrogens is 1. The van der Waals surface area contributed by atoms with Crippen LogP contribution in [0.3, 0.4) is 0 Å². The average Bonchev–Trinajstić information content (AvgIpc) is 3.09. The molecule has 0 aliphatic heterocycles. The third kappa shape index (κ3) is 4.96. The second-order valence-corrected chi connectivity index (χ2v) is 9.43. The largest absolute Gasteiger partial charge is 0.261 e. The minimum Gasteiger partial charge on any atom is -0.261 e. The van der Waals surface area contributed by atoms with Crippen LogP contribution in [0.15, 0.2) is 48.0 Å². The van der Waals surface area contributed by atoms with Crippen molar-refractivity contribution >= 4 is 33.8 Å². The van der Waals surface area contributed by atoms with Crippen LogP contribution in [-0.2, 0) is 22.8 Å². The van der Waals surface area contributed by atoms with Gasteiger partial charge < -0.3 is 0 Å². The van der Waals surface area contributed by atoms with E-state index in [2.05, 4.69) is 48.0 Å². The summed E-state index contributed by atoms with van der Waals surface area (Å²) in [6, 6.07) is 11.9. The minimum atomic E-state index is -2.62. The maximum Gasteiger partial charge on any atom is 0.201 e. The molecule has 0 fully saturated rings. The molecule has 142 valence electrons. The Morgan fingerprint density at radius 1 is 1.11 bits per heavy atom. The quantitative estimate of drug-likeness (QED) is 0.568. The molecule has 27 heavy (non-hydrogen) atoms. The highest BCUT2D eigenvalue weighted by molar-refractivity contribution is 7.70. The molecule has 7 heteroatoms. The summed E-state index contributed by atoms with van der Waals surface area (Å²) in [6.07, 6.45) is 1.85. The first kappa shape index (κ1) is 20.0. The molecular weight excluding hydrogens is 400 g/mol. The zero-order chi connectivity index (χ0) is 19.6. The normalized spacial score (nSPS) is 11.9. The molecule has 3 rings (SSSR count). The number of hydrogen-bond donors (Lipinski definition) is 2. The molecule has 0 radical (unpaired) electrons. The van der Waals surface area contributed by atoms with Crippen LogP contribution in [0.5, 0.6) is 0 Å².